The van der Waals surface area contributed by atoms with Crippen molar-refractivity contribution in [2.45, 2.75) is 258 Å². The molecule has 69 heavy (non-hydrogen) atoms. The average molecular weight is 958 g/mol. The maximum absolute atomic E-state index is 12.8. The largest absolute Gasteiger partial charge is 0.462 e. The van der Waals surface area contributed by atoms with E-state index < -0.39 is 6.10 Å². The van der Waals surface area contributed by atoms with Crippen LogP contribution >= 0.6 is 0 Å². The Morgan fingerprint density at radius 3 is 0.884 bits per heavy atom. The van der Waals surface area contributed by atoms with Gasteiger partial charge in [0.1, 0.15) is 13.2 Å². The Morgan fingerprint density at radius 2 is 0.565 bits per heavy atom. The van der Waals surface area contributed by atoms with E-state index in [1.807, 2.05) is 0 Å². The van der Waals surface area contributed by atoms with Gasteiger partial charge in [-0.1, -0.05) is 226 Å². The highest BCUT2D eigenvalue weighted by Crippen LogP contribution is 2.14. The van der Waals surface area contributed by atoms with Crippen LogP contribution in [-0.2, 0) is 28.6 Å². The standard InChI is InChI=1S/C63H104O6/c1-4-7-10-13-16-19-22-25-28-29-30-31-32-33-34-35-36-39-41-44-47-50-53-56-62(65)68-59-60(69-63(66)57-54-51-48-45-42-38-27-24-21-18-15-12-9-6-3)58-67-61(64)55-52-49-46-43-40-37-26-23-20-17-14-11-8-5-2/h7,10,14-19,23-28,30-31,33-34,60H,4-6,8-9,11-13,20-22,29,32,35-59H2,1-3H3/b10-7-,17-14-,18-15-,19-16-,26-23-,27-24-,28-25-,31-30-,34-33-. The number of hydrogen-bond donors (Lipinski definition) is 0. The van der Waals surface area contributed by atoms with Crippen molar-refractivity contribution in [3.05, 3.63) is 109 Å². The molecule has 1 unspecified atom stereocenters. The lowest BCUT2D eigenvalue weighted by Gasteiger charge is -2.18. The molecule has 1 atom stereocenters. The van der Waals surface area contributed by atoms with Crippen LogP contribution in [0.5, 0.6) is 0 Å². The van der Waals surface area contributed by atoms with Crippen molar-refractivity contribution >= 4 is 17.9 Å². The summed E-state index contributed by atoms with van der Waals surface area (Å²) in [4.78, 5) is 38.1. The van der Waals surface area contributed by atoms with E-state index in [1.54, 1.807) is 0 Å². The lowest BCUT2D eigenvalue weighted by molar-refractivity contribution is -0.167. The average Bonchev–Trinajstić information content (AvgIpc) is 3.35. The van der Waals surface area contributed by atoms with Gasteiger partial charge in [0.25, 0.3) is 0 Å². The van der Waals surface area contributed by atoms with Crippen molar-refractivity contribution in [3.63, 3.8) is 0 Å². The molecule has 0 saturated carbocycles. The van der Waals surface area contributed by atoms with Gasteiger partial charge in [0.15, 0.2) is 6.10 Å². The Hall–Kier alpha value is -3.93. The number of carbonyl (C=O) groups is 3. The molecule has 0 rings (SSSR count). The van der Waals surface area contributed by atoms with Gasteiger partial charge in [-0.25, -0.2) is 0 Å². The number of rotatable bonds is 50. The number of ether oxygens (including phenoxy) is 3. The minimum absolute atomic E-state index is 0.0959. The van der Waals surface area contributed by atoms with E-state index in [4.69, 9.17) is 14.2 Å². The quantitative estimate of drug-likeness (QED) is 0.0262. The summed E-state index contributed by atoms with van der Waals surface area (Å²) in [5, 5.41) is 0. The van der Waals surface area contributed by atoms with E-state index in [0.717, 1.165) is 148 Å². The van der Waals surface area contributed by atoms with Gasteiger partial charge >= 0.3 is 17.9 Å². The van der Waals surface area contributed by atoms with E-state index in [0.29, 0.717) is 19.3 Å². The Morgan fingerprint density at radius 1 is 0.304 bits per heavy atom. The van der Waals surface area contributed by atoms with Gasteiger partial charge in [0.2, 0.25) is 0 Å². The summed E-state index contributed by atoms with van der Waals surface area (Å²) in [6.07, 6.45) is 76.4. The van der Waals surface area contributed by atoms with E-state index >= 15 is 0 Å². The molecule has 0 aromatic carbocycles. The first-order valence-electron chi connectivity index (χ1n) is 28.4. The molecule has 0 aromatic rings. The van der Waals surface area contributed by atoms with Crippen LogP contribution in [0.4, 0.5) is 0 Å². The van der Waals surface area contributed by atoms with Crippen molar-refractivity contribution in [1.29, 1.82) is 0 Å². The highest BCUT2D eigenvalue weighted by atomic mass is 16.6. The maximum atomic E-state index is 12.8. The van der Waals surface area contributed by atoms with Crippen molar-refractivity contribution in [1.82, 2.24) is 0 Å². The summed E-state index contributed by atoms with van der Waals surface area (Å²) in [7, 11) is 0. The molecule has 0 aliphatic rings. The lowest BCUT2D eigenvalue weighted by Crippen LogP contribution is -2.30. The molecule has 6 heteroatoms. The molecule has 0 N–H and O–H groups in total. The van der Waals surface area contributed by atoms with Gasteiger partial charge in [0, 0.05) is 19.3 Å². The first kappa shape index (κ1) is 65.1. The molecule has 0 saturated heterocycles. The lowest BCUT2D eigenvalue weighted by atomic mass is 10.1. The number of allylic oxidation sites excluding steroid dienone is 18. The van der Waals surface area contributed by atoms with Crippen LogP contribution in [0.2, 0.25) is 0 Å². The predicted octanol–water partition coefficient (Wildman–Crippen LogP) is 19.1. The molecule has 0 heterocycles. The second-order valence-corrected chi connectivity index (χ2v) is 18.5. The Kier molecular flexibility index (Phi) is 53.4. The first-order chi connectivity index (χ1) is 34.0. The SMILES string of the molecule is CC/C=C\C/C=C\C/C=C\C/C=C\C/C=C\CCCCCCCCCC(=O)OCC(COC(=O)CCCCCCC/C=C\C/C=C\CCCC)OC(=O)CCCCCCC/C=C\C/C=C\CCCC. The minimum atomic E-state index is -0.798. The summed E-state index contributed by atoms with van der Waals surface area (Å²) < 4.78 is 16.8. The maximum Gasteiger partial charge on any atom is 0.306 e. The number of esters is 3. The fourth-order valence-corrected chi connectivity index (χ4v) is 7.44. The third kappa shape index (κ3) is 54.9. The van der Waals surface area contributed by atoms with Crippen LogP contribution in [0.1, 0.15) is 252 Å². The van der Waals surface area contributed by atoms with Gasteiger partial charge in [0.05, 0.1) is 0 Å². The normalized spacial score (nSPS) is 12.9. The fourth-order valence-electron chi connectivity index (χ4n) is 7.44. The molecule has 0 fully saturated rings. The van der Waals surface area contributed by atoms with Crippen LogP contribution < -0.4 is 0 Å². The molecular formula is C63H104O6. The van der Waals surface area contributed by atoms with Crippen molar-refractivity contribution in [2.24, 2.45) is 0 Å². The van der Waals surface area contributed by atoms with Gasteiger partial charge in [-0.2, -0.15) is 0 Å². The molecule has 0 aliphatic carbocycles. The zero-order chi connectivity index (χ0) is 50.0. The van der Waals surface area contributed by atoms with Gasteiger partial charge in [-0.05, 0) is 116 Å². The Labute approximate surface area is 425 Å². The topological polar surface area (TPSA) is 78.9 Å². The molecule has 0 bridgehead atoms. The van der Waals surface area contributed by atoms with Crippen molar-refractivity contribution in [2.75, 3.05) is 13.2 Å². The van der Waals surface area contributed by atoms with E-state index in [-0.39, 0.29) is 31.1 Å². The highest BCUT2D eigenvalue weighted by molar-refractivity contribution is 5.71. The molecule has 0 aromatic heterocycles. The van der Waals surface area contributed by atoms with Crippen LogP contribution in [0.3, 0.4) is 0 Å². The number of unbranched alkanes of at least 4 members (excludes halogenated alkanes) is 21. The second kappa shape index (κ2) is 56.7. The van der Waals surface area contributed by atoms with Crippen LogP contribution in [0, 0.1) is 0 Å². The predicted molar refractivity (Wildman–Crippen MR) is 297 cm³/mol. The zero-order valence-corrected chi connectivity index (χ0v) is 44.8. The number of carbonyl (C=O) groups excluding carboxylic acids is 3. The monoisotopic (exact) mass is 957 g/mol. The fraction of sp³-hybridized carbons (Fsp3) is 0.667. The van der Waals surface area contributed by atoms with E-state index in [2.05, 4.69) is 130 Å². The molecule has 6 nitrogen and oxygen atoms in total. The molecule has 392 valence electrons. The number of hydrogen-bond acceptors (Lipinski definition) is 6. The van der Waals surface area contributed by atoms with Crippen LogP contribution in [-0.4, -0.2) is 37.2 Å². The highest BCUT2D eigenvalue weighted by Gasteiger charge is 2.19. The van der Waals surface area contributed by atoms with Crippen molar-refractivity contribution < 1.29 is 28.6 Å². The Bertz CT molecular complexity index is 1420. The van der Waals surface area contributed by atoms with Gasteiger partial charge in [-0.3, -0.25) is 14.4 Å². The molecule has 0 amide bonds. The third-order valence-electron chi connectivity index (χ3n) is 11.7. The smallest absolute Gasteiger partial charge is 0.306 e. The molecule has 0 radical (unpaired) electrons. The van der Waals surface area contributed by atoms with Crippen molar-refractivity contribution in [3.8, 4) is 0 Å². The zero-order valence-electron chi connectivity index (χ0n) is 44.8. The summed E-state index contributed by atoms with van der Waals surface area (Å²) in [5.74, 6) is -0.935. The Balaban J connectivity index is 4.40. The second-order valence-electron chi connectivity index (χ2n) is 18.5. The summed E-state index contributed by atoms with van der Waals surface area (Å²) >= 11 is 0. The van der Waals surface area contributed by atoms with Gasteiger partial charge < -0.3 is 14.2 Å². The summed E-state index contributed by atoms with van der Waals surface area (Å²) in [6.45, 7) is 6.41. The first-order valence-corrected chi connectivity index (χ1v) is 28.4. The van der Waals surface area contributed by atoms with E-state index in [1.165, 1.54) is 64.2 Å². The van der Waals surface area contributed by atoms with Crippen LogP contribution in [0.15, 0.2) is 109 Å². The third-order valence-corrected chi connectivity index (χ3v) is 11.7. The molecule has 0 spiro atoms. The van der Waals surface area contributed by atoms with Crippen LogP contribution in [0.25, 0.3) is 0 Å². The summed E-state index contributed by atoms with van der Waals surface area (Å²) in [6, 6.07) is 0. The van der Waals surface area contributed by atoms with E-state index in [9.17, 15) is 14.4 Å². The summed E-state index contributed by atoms with van der Waals surface area (Å²) in [5.41, 5.74) is 0. The van der Waals surface area contributed by atoms with Gasteiger partial charge in [-0.15, -0.1) is 0 Å². The minimum Gasteiger partial charge on any atom is -0.462 e. The molecule has 0 aliphatic heterocycles. The molecular weight excluding hydrogens is 853 g/mol.